The highest BCUT2D eigenvalue weighted by atomic mass is 127. The summed E-state index contributed by atoms with van der Waals surface area (Å²) in [6, 6.07) is 6.57. The number of nitrogens with zero attached hydrogens (tertiary/aromatic N) is 1. The summed E-state index contributed by atoms with van der Waals surface area (Å²) in [6.07, 6.45) is -2.90. The van der Waals surface area contributed by atoms with Gasteiger partial charge in [-0.3, -0.25) is 4.99 Å². The number of rotatable bonds is 8. The van der Waals surface area contributed by atoms with Crippen LogP contribution in [-0.2, 0) is 11.3 Å². The molecule has 1 atom stereocenters. The molecule has 1 unspecified atom stereocenters. The minimum absolute atomic E-state index is 0. The standard InChI is InChI=1S/C18H26F3N3O3.HI/c1-22-16(24-11-17(6-8-25)7-9-26-12-17)23-10-14-4-2-3-5-15(14)27-13-18(19,20)21;/h2-5,25H,6-13H2,1H3,(H2,22,23,24);1H. The van der Waals surface area contributed by atoms with Crippen LogP contribution in [0.5, 0.6) is 5.75 Å². The van der Waals surface area contributed by atoms with E-state index in [1.54, 1.807) is 25.2 Å². The van der Waals surface area contributed by atoms with Crippen molar-refractivity contribution in [2.75, 3.05) is 40.0 Å². The predicted octanol–water partition coefficient (Wildman–Crippen LogP) is 2.70. The van der Waals surface area contributed by atoms with Crippen molar-refractivity contribution in [3.63, 3.8) is 0 Å². The van der Waals surface area contributed by atoms with Crippen LogP contribution in [0.2, 0.25) is 0 Å². The minimum Gasteiger partial charge on any atom is -0.484 e. The summed E-state index contributed by atoms with van der Waals surface area (Å²) < 4.78 is 47.5. The summed E-state index contributed by atoms with van der Waals surface area (Å²) in [7, 11) is 1.62. The van der Waals surface area contributed by atoms with Crippen LogP contribution in [-0.4, -0.2) is 57.3 Å². The van der Waals surface area contributed by atoms with Crippen LogP contribution in [0.3, 0.4) is 0 Å². The summed E-state index contributed by atoms with van der Waals surface area (Å²) in [5.41, 5.74) is 0.457. The first-order chi connectivity index (χ1) is 12.9. The molecule has 0 aliphatic carbocycles. The molecule has 0 amide bonds. The van der Waals surface area contributed by atoms with Gasteiger partial charge in [0.1, 0.15) is 5.75 Å². The number of halogens is 4. The first-order valence-corrected chi connectivity index (χ1v) is 8.78. The number of hydrogen-bond donors (Lipinski definition) is 3. The molecule has 3 N–H and O–H groups in total. The molecular formula is C18H27F3IN3O3. The lowest BCUT2D eigenvalue weighted by Gasteiger charge is -2.27. The second-order valence-electron chi connectivity index (χ2n) is 6.57. The Hall–Kier alpha value is -1.27. The van der Waals surface area contributed by atoms with Crippen LogP contribution in [0.15, 0.2) is 29.3 Å². The monoisotopic (exact) mass is 517 g/mol. The van der Waals surface area contributed by atoms with Gasteiger partial charge in [-0.2, -0.15) is 13.2 Å². The summed E-state index contributed by atoms with van der Waals surface area (Å²) >= 11 is 0. The lowest BCUT2D eigenvalue weighted by atomic mass is 9.84. The fourth-order valence-corrected chi connectivity index (χ4v) is 2.93. The predicted molar refractivity (Wildman–Crippen MR) is 111 cm³/mol. The normalized spacial score (nSPS) is 19.8. The molecule has 0 saturated carbocycles. The van der Waals surface area contributed by atoms with Crippen molar-refractivity contribution in [2.24, 2.45) is 10.4 Å². The zero-order chi connectivity index (χ0) is 19.8. The van der Waals surface area contributed by atoms with Crippen LogP contribution < -0.4 is 15.4 Å². The molecule has 10 heteroatoms. The van der Waals surface area contributed by atoms with E-state index in [2.05, 4.69) is 15.6 Å². The maximum atomic E-state index is 12.4. The third-order valence-corrected chi connectivity index (χ3v) is 4.49. The van der Waals surface area contributed by atoms with Crippen LogP contribution >= 0.6 is 24.0 Å². The highest BCUT2D eigenvalue weighted by Gasteiger charge is 2.34. The molecule has 0 spiro atoms. The summed E-state index contributed by atoms with van der Waals surface area (Å²) in [5, 5.41) is 15.6. The Morgan fingerprint density at radius 2 is 2.07 bits per heavy atom. The first-order valence-electron chi connectivity index (χ1n) is 8.78. The van der Waals surface area contributed by atoms with Gasteiger partial charge in [-0.05, 0) is 18.9 Å². The fourth-order valence-electron chi connectivity index (χ4n) is 2.93. The van der Waals surface area contributed by atoms with E-state index in [0.29, 0.717) is 37.7 Å². The highest BCUT2D eigenvalue weighted by molar-refractivity contribution is 14.0. The molecule has 1 aromatic rings. The van der Waals surface area contributed by atoms with Crippen molar-refractivity contribution < 1.29 is 27.8 Å². The van der Waals surface area contributed by atoms with Gasteiger partial charge in [0, 0.05) is 44.3 Å². The minimum atomic E-state index is -4.39. The van der Waals surface area contributed by atoms with E-state index < -0.39 is 12.8 Å². The Morgan fingerprint density at radius 3 is 2.68 bits per heavy atom. The Labute approximate surface area is 179 Å². The molecule has 1 aromatic carbocycles. The van der Waals surface area contributed by atoms with Crippen molar-refractivity contribution in [1.29, 1.82) is 0 Å². The molecule has 2 rings (SSSR count). The molecule has 1 aliphatic rings. The maximum Gasteiger partial charge on any atom is 0.422 e. The molecule has 1 fully saturated rings. The zero-order valence-corrected chi connectivity index (χ0v) is 18.0. The molecule has 1 aliphatic heterocycles. The van der Waals surface area contributed by atoms with E-state index in [1.807, 2.05) is 0 Å². The second kappa shape index (κ2) is 11.7. The van der Waals surface area contributed by atoms with Gasteiger partial charge in [-0.15, -0.1) is 24.0 Å². The quantitative estimate of drug-likeness (QED) is 0.281. The van der Waals surface area contributed by atoms with Crippen molar-refractivity contribution in [3.8, 4) is 5.75 Å². The average molecular weight is 517 g/mol. The van der Waals surface area contributed by atoms with Gasteiger partial charge in [-0.1, -0.05) is 18.2 Å². The Balaban J connectivity index is 0.00000392. The van der Waals surface area contributed by atoms with E-state index in [0.717, 1.165) is 6.42 Å². The third kappa shape index (κ3) is 8.00. The lowest BCUT2D eigenvalue weighted by Crippen LogP contribution is -2.44. The van der Waals surface area contributed by atoms with Crippen LogP contribution in [0.25, 0.3) is 0 Å². The van der Waals surface area contributed by atoms with Gasteiger partial charge in [0.2, 0.25) is 0 Å². The van der Waals surface area contributed by atoms with Gasteiger partial charge >= 0.3 is 6.18 Å². The molecule has 28 heavy (non-hydrogen) atoms. The average Bonchev–Trinajstić information content (AvgIpc) is 3.09. The van der Waals surface area contributed by atoms with E-state index in [1.165, 1.54) is 6.07 Å². The summed E-state index contributed by atoms with van der Waals surface area (Å²) in [6.45, 7) is 0.835. The lowest BCUT2D eigenvalue weighted by molar-refractivity contribution is -0.153. The van der Waals surface area contributed by atoms with Gasteiger partial charge in [-0.25, -0.2) is 0 Å². The summed E-state index contributed by atoms with van der Waals surface area (Å²) in [5.74, 6) is 0.698. The number of aliphatic hydroxyl groups excluding tert-OH is 1. The molecule has 0 bridgehead atoms. The number of benzene rings is 1. The zero-order valence-electron chi connectivity index (χ0n) is 15.7. The van der Waals surface area contributed by atoms with Crippen molar-refractivity contribution >= 4 is 29.9 Å². The molecule has 160 valence electrons. The number of alkyl halides is 3. The largest absolute Gasteiger partial charge is 0.484 e. The number of aliphatic imine (C=N–C) groups is 1. The Kier molecular flexibility index (Phi) is 10.3. The number of para-hydroxylation sites is 1. The summed E-state index contributed by atoms with van der Waals surface area (Å²) in [4.78, 5) is 4.14. The first kappa shape index (κ1) is 24.8. The Bertz CT molecular complexity index is 624. The van der Waals surface area contributed by atoms with Crippen LogP contribution in [0.1, 0.15) is 18.4 Å². The highest BCUT2D eigenvalue weighted by Crippen LogP contribution is 2.31. The third-order valence-electron chi connectivity index (χ3n) is 4.49. The SMILES string of the molecule is CN=C(NCc1ccccc1OCC(F)(F)F)NCC1(CCO)CCOC1.I. The van der Waals surface area contributed by atoms with E-state index in [4.69, 9.17) is 9.47 Å². The second-order valence-corrected chi connectivity index (χ2v) is 6.57. The van der Waals surface area contributed by atoms with E-state index in [-0.39, 0.29) is 48.3 Å². The van der Waals surface area contributed by atoms with Crippen LogP contribution in [0, 0.1) is 5.41 Å². The molecule has 0 aromatic heterocycles. The molecule has 1 heterocycles. The smallest absolute Gasteiger partial charge is 0.422 e. The van der Waals surface area contributed by atoms with E-state index in [9.17, 15) is 18.3 Å². The van der Waals surface area contributed by atoms with Crippen molar-refractivity contribution in [1.82, 2.24) is 10.6 Å². The van der Waals surface area contributed by atoms with E-state index >= 15 is 0 Å². The number of nitrogens with one attached hydrogen (secondary N) is 2. The van der Waals surface area contributed by atoms with Crippen molar-refractivity contribution in [2.45, 2.75) is 25.6 Å². The number of guanidine groups is 1. The number of aliphatic hydroxyl groups is 1. The fraction of sp³-hybridized carbons (Fsp3) is 0.611. The Morgan fingerprint density at radius 1 is 1.32 bits per heavy atom. The number of ether oxygens (including phenoxy) is 2. The van der Waals surface area contributed by atoms with Gasteiger partial charge < -0.3 is 25.2 Å². The van der Waals surface area contributed by atoms with Crippen molar-refractivity contribution in [3.05, 3.63) is 29.8 Å². The molecular weight excluding hydrogens is 490 g/mol. The topological polar surface area (TPSA) is 75.1 Å². The van der Waals surface area contributed by atoms with Gasteiger partial charge in [0.25, 0.3) is 0 Å². The molecule has 1 saturated heterocycles. The van der Waals surface area contributed by atoms with Crippen LogP contribution in [0.4, 0.5) is 13.2 Å². The molecule has 0 radical (unpaired) electrons. The maximum absolute atomic E-state index is 12.4. The van der Waals surface area contributed by atoms with Gasteiger partial charge in [0.15, 0.2) is 12.6 Å². The van der Waals surface area contributed by atoms with Gasteiger partial charge in [0.05, 0.1) is 6.61 Å². The number of hydrogen-bond acceptors (Lipinski definition) is 4. The molecule has 6 nitrogen and oxygen atoms in total.